The number of hydrogen-bond acceptors (Lipinski definition) is 6. The van der Waals surface area contributed by atoms with Crippen LogP contribution in [-0.4, -0.2) is 41.4 Å². The molecule has 8 heteroatoms. The average Bonchev–Trinajstić information content (AvgIpc) is 2.67. The zero-order chi connectivity index (χ0) is 13.2. The second kappa shape index (κ2) is 5.15. The Morgan fingerprint density at radius 3 is 2.78 bits per heavy atom. The summed E-state index contributed by atoms with van der Waals surface area (Å²) >= 11 is 4.77. The summed E-state index contributed by atoms with van der Waals surface area (Å²) in [4.78, 5) is 8.35. The Morgan fingerprint density at radius 1 is 1.50 bits per heavy atom. The molecule has 1 aromatic rings. The summed E-state index contributed by atoms with van der Waals surface area (Å²) in [6.45, 7) is 0.584. The SMILES string of the molecule is NC(=S)c1cnc(NCC2CCS(=O)(=O)C2)cn1. The van der Waals surface area contributed by atoms with Crippen molar-refractivity contribution >= 4 is 32.9 Å². The van der Waals surface area contributed by atoms with Crippen LogP contribution in [0.4, 0.5) is 5.82 Å². The molecule has 1 fully saturated rings. The number of hydrogen-bond donors (Lipinski definition) is 2. The molecular formula is C10H14N4O2S2. The van der Waals surface area contributed by atoms with Crippen LogP contribution < -0.4 is 11.1 Å². The minimum absolute atomic E-state index is 0.145. The summed E-state index contributed by atoms with van der Waals surface area (Å²) in [6, 6.07) is 0. The van der Waals surface area contributed by atoms with E-state index in [0.717, 1.165) is 0 Å². The van der Waals surface area contributed by atoms with Gasteiger partial charge in [0.2, 0.25) is 0 Å². The van der Waals surface area contributed by atoms with Gasteiger partial charge in [0.15, 0.2) is 9.84 Å². The van der Waals surface area contributed by atoms with Gasteiger partial charge in [-0.3, -0.25) is 0 Å². The number of anilines is 1. The summed E-state index contributed by atoms with van der Waals surface area (Å²) in [6.07, 6.45) is 3.74. The Hall–Kier alpha value is -1.28. The Bertz CT molecular complexity index is 542. The molecule has 1 aromatic heterocycles. The van der Waals surface area contributed by atoms with Crippen LogP contribution in [0.5, 0.6) is 0 Å². The number of nitrogens with two attached hydrogens (primary N) is 1. The molecule has 1 unspecified atom stereocenters. The van der Waals surface area contributed by atoms with Crippen molar-refractivity contribution in [2.75, 3.05) is 23.4 Å². The second-order valence-corrected chi connectivity index (χ2v) is 6.97. The van der Waals surface area contributed by atoms with Crippen LogP contribution in [0.25, 0.3) is 0 Å². The lowest BCUT2D eigenvalue weighted by Gasteiger charge is -2.09. The minimum Gasteiger partial charge on any atom is -0.388 e. The number of nitrogens with one attached hydrogen (secondary N) is 1. The van der Waals surface area contributed by atoms with Gasteiger partial charge >= 0.3 is 0 Å². The lowest BCUT2D eigenvalue weighted by Crippen LogP contribution is -2.17. The van der Waals surface area contributed by atoms with Gasteiger partial charge in [-0.1, -0.05) is 12.2 Å². The molecule has 1 aliphatic rings. The van der Waals surface area contributed by atoms with Crippen LogP contribution >= 0.6 is 12.2 Å². The maximum atomic E-state index is 11.3. The van der Waals surface area contributed by atoms with E-state index < -0.39 is 9.84 Å². The highest BCUT2D eigenvalue weighted by molar-refractivity contribution is 7.91. The zero-order valence-corrected chi connectivity index (χ0v) is 11.3. The normalized spacial score (nSPS) is 21.7. The molecule has 0 aliphatic carbocycles. The molecule has 0 spiro atoms. The van der Waals surface area contributed by atoms with E-state index in [1.54, 1.807) is 0 Å². The molecule has 1 saturated heterocycles. The van der Waals surface area contributed by atoms with Gasteiger partial charge in [0.25, 0.3) is 0 Å². The van der Waals surface area contributed by atoms with E-state index in [2.05, 4.69) is 15.3 Å². The van der Waals surface area contributed by atoms with Gasteiger partial charge in [-0.15, -0.1) is 0 Å². The molecule has 98 valence electrons. The summed E-state index contributed by atoms with van der Waals surface area (Å²) in [5.41, 5.74) is 5.88. The first-order valence-electron chi connectivity index (χ1n) is 5.52. The fourth-order valence-corrected chi connectivity index (χ4v) is 3.80. The minimum atomic E-state index is -2.83. The topological polar surface area (TPSA) is 98.0 Å². The molecule has 0 saturated carbocycles. The second-order valence-electron chi connectivity index (χ2n) is 4.30. The van der Waals surface area contributed by atoms with Crippen LogP contribution in [0.3, 0.4) is 0 Å². The maximum absolute atomic E-state index is 11.3. The fourth-order valence-electron chi connectivity index (χ4n) is 1.83. The molecule has 0 radical (unpaired) electrons. The number of rotatable bonds is 4. The van der Waals surface area contributed by atoms with Crippen LogP contribution in [0.1, 0.15) is 12.1 Å². The van der Waals surface area contributed by atoms with E-state index in [9.17, 15) is 8.42 Å². The quantitative estimate of drug-likeness (QED) is 0.749. The third-order valence-corrected chi connectivity index (χ3v) is 4.85. The van der Waals surface area contributed by atoms with E-state index in [1.807, 2.05) is 0 Å². The van der Waals surface area contributed by atoms with E-state index in [4.69, 9.17) is 18.0 Å². The molecule has 1 atom stereocenters. The van der Waals surface area contributed by atoms with E-state index in [0.29, 0.717) is 24.5 Å². The Morgan fingerprint density at radius 2 is 2.28 bits per heavy atom. The maximum Gasteiger partial charge on any atom is 0.150 e. The molecule has 0 bridgehead atoms. The van der Waals surface area contributed by atoms with E-state index in [-0.39, 0.29) is 22.4 Å². The first-order valence-corrected chi connectivity index (χ1v) is 7.75. The molecule has 0 amide bonds. The van der Waals surface area contributed by atoms with Crippen molar-refractivity contribution in [1.82, 2.24) is 9.97 Å². The number of aromatic nitrogens is 2. The molecule has 18 heavy (non-hydrogen) atoms. The summed E-state index contributed by atoms with van der Waals surface area (Å²) < 4.78 is 22.6. The standard InChI is InChI=1S/C10H14N4O2S2/c11-10(17)8-4-14-9(5-12-8)13-3-7-1-2-18(15,16)6-7/h4-5,7H,1-3,6H2,(H2,11,17)(H,13,14). The van der Waals surface area contributed by atoms with E-state index in [1.165, 1.54) is 12.4 Å². The molecule has 2 heterocycles. The van der Waals surface area contributed by atoms with Crippen molar-refractivity contribution in [3.8, 4) is 0 Å². The van der Waals surface area contributed by atoms with Crippen molar-refractivity contribution in [1.29, 1.82) is 0 Å². The predicted octanol–water partition coefficient (Wildman–Crippen LogP) is -0.0426. The molecule has 6 nitrogen and oxygen atoms in total. The summed E-state index contributed by atoms with van der Waals surface area (Å²) in [7, 11) is -2.83. The zero-order valence-electron chi connectivity index (χ0n) is 9.67. The van der Waals surface area contributed by atoms with Crippen LogP contribution in [-0.2, 0) is 9.84 Å². The van der Waals surface area contributed by atoms with Crippen LogP contribution in [0.15, 0.2) is 12.4 Å². The predicted molar refractivity (Wildman–Crippen MR) is 73.2 cm³/mol. The number of nitrogens with zero attached hydrogens (tertiary/aromatic N) is 2. The average molecular weight is 286 g/mol. The van der Waals surface area contributed by atoms with Crippen molar-refractivity contribution in [3.05, 3.63) is 18.1 Å². The van der Waals surface area contributed by atoms with Gasteiger partial charge in [-0.05, 0) is 12.3 Å². The fraction of sp³-hybridized carbons (Fsp3) is 0.500. The lowest BCUT2D eigenvalue weighted by molar-refractivity contribution is 0.595. The van der Waals surface area contributed by atoms with Gasteiger partial charge in [0.1, 0.15) is 16.5 Å². The van der Waals surface area contributed by atoms with E-state index >= 15 is 0 Å². The number of thiocarbonyl (C=S) groups is 1. The lowest BCUT2D eigenvalue weighted by atomic mass is 10.1. The molecule has 0 aromatic carbocycles. The van der Waals surface area contributed by atoms with Gasteiger partial charge in [-0.25, -0.2) is 18.4 Å². The Labute approximate surface area is 111 Å². The third-order valence-electron chi connectivity index (χ3n) is 2.80. The Balaban J connectivity index is 1.89. The highest BCUT2D eigenvalue weighted by Gasteiger charge is 2.27. The van der Waals surface area contributed by atoms with Crippen molar-refractivity contribution in [2.24, 2.45) is 11.7 Å². The molecule has 1 aliphatic heterocycles. The first kappa shape index (κ1) is 13.2. The van der Waals surface area contributed by atoms with Gasteiger partial charge in [0.05, 0.1) is 23.9 Å². The highest BCUT2D eigenvalue weighted by atomic mass is 32.2. The van der Waals surface area contributed by atoms with Crippen molar-refractivity contribution in [2.45, 2.75) is 6.42 Å². The van der Waals surface area contributed by atoms with Gasteiger partial charge < -0.3 is 11.1 Å². The third kappa shape index (κ3) is 3.36. The molecule has 2 rings (SSSR count). The van der Waals surface area contributed by atoms with Gasteiger partial charge in [0, 0.05) is 6.54 Å². The van der Waals surface area contributed by atoms with Crippen molar-refractivity contribution in [3.63, 3.8) is 0 Å². The smallest absolute Gasteiger partial charge is 0.150 e. The summed E-state index contributed by atoms with van der Waals surface area (Å²) in [5.74, 6) is 1.27. The van der Waals surface area contributed by atoms with Gasteiger partial charge in [-0.2, -0.15) is 0 Å². The Kier molecular flexibility index (Phi) is 3.76. The molecule has 3 N–H and O–H groups in total. The highest BCUT2D eigenvalue weighted by Crippen LogP contribution is 2.18. The van der Waals surface area contributed by atoms with Crippen molar-refractivity contribution < 1.29 is 8.42 Å². The molecular weight excluding hydrogens is 272 g/mol. The van der Waals surface area contributed by atoms with Crippen LogP contribution in [0, 0.1) is 5.92 Å². The monoisotopic (exact) mass is 286 g/mol. The first-order chi connectivity index (χ1) is 8.46. The largest absolute Gasteiger partial charge is 0.388 e. The van der Waals surface area contributed by atoms with Crippen LogP contribution in [0.2, 0.25) is 0 Å². The number of sulfone groups is 1. The summed E-state index contributed by atoms with van der Waals surface area (Å²) in [5, 5.41) is 3.07.